The second-order valence-electron chi connectivity index (χ2n) is 5.76. The highest BCUT2D eigenvalue weighted by atomic mass is 19.1. The first-order chi connectivity index (χ1) is 12.2. The third-order valence-corrected chi connectivity index (χ3v) is 3.88. The highest BCUT2D eigenvalue weighted by Crippen LogP contribution is 2.32. The quantitative estimate of drug-likeness (QED) is 0.433. The van der Waals surface area contributed by atoms with Crippen LogP contribution in [0.2, 0.25) is 0 Å². The van der Waals surface area contributed by atoms with Crippen molar-refractivity contribution in [1.29, 1.82) is 0 Å². The molecule has 0 atom stereocenters. The van der Waals surface area contributed by atoms with Gasteiger partial charge in [0.25, 0.3) is 0 Å². The number of benzene rings is 2. The van der Waals surface area contributed by atoms with Crippen molar-refractivity contribution >= 4 is 17.2 Å². The molecule has 4 rings (SSSR count). The van der Waals surface area contributed by atoms with Crippen LogP contribution in [0.25, 0.3) is 16.9 Å². The molecule has 0 radical (unpaired) electrons. The number of nitrogens with zero attached hydrogens (tertiary/aromatic N) is 4. The third-order valence-electron chi connectivity index (χ3n) is 3.88. The summed E-state index contributed by atoms with van der Waals surface area (Å²) in [6, 6.07) is 19.7. The zero-order valence-corrected chi connectivity index (χ0v) is 13.6. The fourth-order valence-electron chi connectivity index (χ4n) is 2.64. The topological polar surface area (TPSA) is 42.0 Å². The highest BCUT2D eigenvalue weighted by Gasteiger charge is 2.14. The van der Waals surface area contributed by atoms with Gasteiger partial charge in [0, 0.05) is 11.8 Å². The van der Waals surface area contributed by atoms with Gasteiger partial charge in [0.05, 0.1) is 5.69 Å². The number of fused-ring (bicyclic) bond motifs is 1. The lowest BCUT2D eigenvalue weighted by atomic mass is 10.1. The van der Waals surface area contributed by atoms with Crippen molar-refractivity contribution in [2.75, 3.05) is 0 Å². The van der Waals surface area contributed by atoms with Crippen LogP contribution in [-0.2, 0) is 0 Å². The van der Waals surface area contributed by atoms with Crippen LogP contribution in [0.1, 0.15) is 5.56 Å². The van der Waals surface area contributed by atoms with Crippen molar-refractivity contribution < 1.29 is 4.39 Å². The van der Waals surface area contributed by atoms with Crippen molar-refractivity contribution in [2.45, 2.75) is 6.92 Å². The van der Waals surface area contributed by atoms with E-state index in [9.17, 15) is 4.39 Å². The predicted octanol–water partition coefficient (Wildman–Crippen LogP) is 5.86. The number of azo groups is 1. The van der Waals surface area contributed by atoms with Gasteiger partial charge < -0.3 is 0 Å². The van der Waals surface area contributed by atoms with Crippen molar-refractivity contribution in [3.63, 3.8) is 0 Å². The van der Waals surface area contributed by atoms with E-state index in [1.165, 1.54) is 12.1 Å². The number of hydrogen-bond donors (Lipinski definition) is 0. The zero-order chi connectivity index (χ0) is 17.2. The summed E-state index contributed by atoms with van der Waals surface area (Å²) in [6.45, 7) is 2.01. The average molecular weight is 330 g/mol. The lowest BCUT2D eigenvalue weighted by Gasteiger charge is -2.00. The van der Waals surface area contributed by atoms with E-state index in [2.05, 4.69) is 15.2 Å². The van der Waals surface area contributed by atoms with Crippen LogP contribution in [0.15, 0.2) is 83.2 Å². The summed E-state index contributed by atoms with van der Waals surface area (Å²) in [7, 11) is 0. The smallest absolute Gasteiger partial charge is 0.187 e. The minimum atomic E-state index is -0.282. The SMILES string of the molecule is Cc1ccc2nc(-c3ccc(F)cc3)c(N=Nc3ccccc3)n2c1. The van der Waals surface area contributed by atoms with Crippen LogP contribution >= 0.6 is 0 Å². The van der Waals surface area contributed by atoms with Gasteiger partial charge in [-0.25, -0.2) is 9.37 Å². The lowest BCUT2D eigenvalue weighted by Crippen LogP contribution is -1.85. The van der Waals surface area contributed by atoms with E-state index in [4.69, 9.17) is 0 Å². The molecule has 0 aliphatic rings. The second-order valence-corrected chi connectivity index (χ2v) is 5.76. The molecule has 5 heteroatoms. The molecule has 0 aliphatic heterocycles. The van der Waals surface area contributed by atoms with E-state index in [1.54, 1.807) is 12.1 Å². The van der Waals surface area contributed by atoms with Crippen LogP contribution in [-0.4, -0.2) is 9.38 Å². The number of aryl methyl sites for hydroxylation is 1. The van der Waals surface area contributed by atoms with E-state index in [-0.39, 0.29) is 5.82 Å². The first kappa shape index (κ1) is 15.2. The molecule has 2 aromatic heterocycles. The molecular formula is C20H15FN4. The number of rotatable bonds is 3. The van der Waals surface area contributed by atoms with Gasteiger partial charge in [0.15, 0.2) is 5.82 Å². The summed E-state index contributed by atoms with van der Waals surface area (Å²) in [5.74, 6) is 0.338. The molecular weight excluding hydrogens is 315 g/mol. The number of aromatic nitrogens is 2. The Bertz CT molecular complexity index is 1050. The number of halogens is 1. The molecule has 4 nitrogen and oxygen atoms in total. The van der Waals surface area contributed by atoms with Gasteiger partial charge in [-0.2, -0.15) is 0 Å². The summed E-state index contributed by atoms with van der Waals surface area (Å²) in [6.07, 6.45) is 1.97. The molecule has 0 fully saturated rings. The van der Waals surface area contributed by atoms with Crippen LogP contribution in [0.5, 0.6) is 0 Å². The van der Waals surface area contributed by atoms with E-state index < -0.39 is 0 Å². The molecule has 0 spiro atoms. The largest absolute Gasteiger partial charge is 0.282 e. The van der Waals surface area contributed by atoms with Gasteiger partial charge >= 0.3 is 0 Å². The van der Waals surface area contributed by atoms with Crippen molar-refractivity contribution in [3.8, 4) is 11.3 Å². The molecule has 2 aromatic carbocycles. The van der Waals surface area contributed by atoms with Crippen molar-refractivity contribution in [1.82, 2.24) is 9.38 Å². The summed E-state index contributed by atoms with van der Waals surface area (Å²) in [4.78, 5) is 4.65. The van der Waals surface area contributed by atoms with Gasteiger partial charge in [-0.05, 0) is 55.0 Å². The number of imidazole rings is 1. The predicted molar refractivity (Wildman–Crippen MR) is 95.9 cm³/mol. The first-order valence-corrected chi connectivity index (χ1v) is 7.92. The molecule has 0 bridgehead atoms. The molecule has 122 valence electrons. The van der Waals surface area contributed by atoms with Gasteiger partial charge in [-0.3, -0.25) is 4.40 Å². The fraction of sp³-hybridized carbons (Fsp3) is 0.0500. The second kappa shape index (κ2) is 6.28. The summed E-state index contributed by atoms with van der Waals surface area (Å²) in [5, 5.41) is 8.76. The zero-order valence-electron chi connectivity index (χ0n) is 13.6. The minimum Gasteiger partial charge on any atom is -0.282 e. The molecule has 0 unspecified atom stereocenters. The lowest BCUT2D eigenvalue weighted by molar-refractivity contribution is 0.628. The fourth-order valence-corrected chi connectivity index (χ4v) is 2.64. The Hall–Kier alpha value is -3.34. The highest BCUT2D eigenvalue weighted by molar-refractivity contribution is 5.74. The first-order valence-electron chi connectivity index (χ1n) is 7.92. The molecule has 4 aromatic rings. The van der Waals surface area contributed by atoms with Crippen LogP contribution in [0, 0.1) is 12.7 Å². The van der Waals surface area contributed by atoms with E-state index in [1.807, 2.05) is 60.0 Å². The molecule has 0 saturated heterocycles. The molecule has 0 saturated carbocycles. The number of hydrogen-bond acceptors (Lipinski definition) is 3. The van der Waals surface area contributed by atoms with Crippen molar-refractivity contribution in [3.05, 3.63) is 84.3 Å². The Morgan fingerprint density at radius 1 is 0.880 bits per heavy atom. The Balaban J connectivity index is 1.90. The van der Waals surface area contributed by atoms with E-state index in [0.29, 0.717) is 11.5 Å². The Labute approximate surface area is 144 Å². The Morgan fingerprint density at radius 2 is 1.64 bits per heavy atom. The molecule has 2 heterocycles. The normalized spacial score (nSPS) is 11.4. The van der Waals surface area contributed by atoms with Crippen LogP contribution in [0.4, 0.5) is 15.9 Å². The van der Waals surface area contributed by atoms with Crippen LogP contribution < -0.4 is 0 Å². The Kier molecular flexibility index (Phi) is 3.82. The molecule has 25 heavy (non-hydrogen) atoms. The van der Waals surface area contributed by atoms with Crippen LogP contribution in [0.3, 0.4) is 0 Å². The maximum absolute atomic E-state index is 13.3. The minimum absolute atomic E-state index is 0.282. The van der Waals surface area contributed by atoms with E-state index in [0.717, 1.165) is 22.5 Å². The summed E-state index contributed by atoms with van der Waals surface area (Å²) < 4.78 is 15.2. The van der Waals surface area contributed by atoms with Crippen molar-refractivity contribution in [2.24, 2.45) is 10.2 Å². The maximum atomic E-state index is 13.3. The average Bonchev–Trinajstić information content (AvgIpc) is 2.99. The molecule has 0 amide bonds. The van der Waals surface area contributed by atoms with E-state index >= 15 is 0 Å². The Morgan fingerprint density at radius 3 is 2.40 bits per heavy atom. The number of pyridine rings is 1. The van der Waals surface area contributed by atoms with Gasteiger partial charge in [0.1, 0.15) is 17.2 Å². The van der Waals surface area contributed by atoms with Gasteiger partial charge in [-0.1, -0.05) is 24.3 Å². The molecule has 0 N–H and O–H groups in total. The van der Waals surface area contributed by atoms with Gasteiger partial charge in [-0.15, -0.1) is 10.2 Å². The third kappa shape index (κ3) is 3.04. The monoisotopic (exact) mass is 330 g/mol. The summed E-state index contributed by atoms with van der Waals surface area (Å²) >= 11 is 0. The maximum Gasteiger partial charge on any atom is 0.187 e. The standard InChI is InChI=1S/C20H15FN4/c1-14-7-12-18-22-19(15-8-10-16(21)11-9-15)20(25(18)13-14)24-23-17-5-3-2-4-6-17/h2-13H,1H3. The van der Waals surface area contributed by atoms with Gasteiger partial charge in [0.2, 0.25) is 0 Å². The summed E-state index contributed by atoms with van der Waals surface area (Å²) in [5.41, 5.74) is 4.09. The molecule has 0 aliphatic carbocycles.